The number of carbonyl (C=O) groups is 1. The molecule has 0 aliphatic heterocycles. The van der Waals surface area contributed by atoms with Gasteiger partial charge in [0, 0.05) is 21.1 Å². The molecule has 6 heteroatoms. The number of H-pyrrole nitrogens is 1. The zero-order valence-corrected chi connectivity index (χ0v) is 16.3. The summed E-state index contributed by atoms with van der Waals surface area (Å²) in [6.45, 7) is -0.158. The van der Waals surface area contributed by atoms with Crippen molar-refractivity contribution in [1.29, 1.82) is 5.26 Å². The molecule has 136 valence electrons. The summed E-state index contributed by atoms with van der Waals surface area (Å²) in [6.07, 6.45) is 5.22. The van der Waals surface area contributed by atoms with E-state index in [-0.39, 0.29) is 18.3 Å². The van der Waals surface area contributed by atoms with Crippen molar-refractivity contribution < 1.29 is 9.53 Å². The molecule has 1 N–H and O–H groups in total. The second-order valence-corrected chi connectivity index (χ2v) is 7.66. The van der Waals surface area contributed by atoms with Crippen LogP contribution in [0.4, 0.5) is 0 Å². The van der Waals surface area contributed by atoms with Crippen molar-refractivity contribution in [1.82, 2.24) is 9.97 Å². The first-order valence-electron chi connectivity index (χ1n) is 9.01. The Morgan fingerprint density at radius 2 is 2.07 bits per heavy atom. The third-order valence-electron chi connectivity index (χ3n) is 4.86. The summed E-state index contributed by atoms with van der Waals surface area (Å²) >= 11 is 3.43. The number of halogens is 1. The fourth-order valence-corrected chi connectivity index (χ4v) is 3.83. The van der Waals surface area contributed by atoms with E-state index in [1.54, 1.807) is 6.07 Å². The second kappa shape index (κ2) is 7.53. The molecule has 27 heavy (non-hydrogen) atoms. The Morgan fingerprint density at radius 3 is 2.93 bits per heavy atom. The van der Waals surface area contributed by atoms with Gasteiger partial charge in [-0.05, 0) is 61.6 Å². The Morgan fingerprint density at radius 1 is 1.22 bits per heavy atom. The van der Waals surface area contributed by atoms with Crippen LogP contribution in [-0.4, -0.2) is 22.4 Å². The molecule has 0 fully saturated rings. The summed E-state index contributed by atoms with van der Waals surface area (Å²) in [5.74, 6) is 0.0771. The Kier molecular flexibility index (Phi) is 4.95. The predicted molar refractivity (Wildman–Crippen MR) is 106 cm³/mol. The van der Waals surface area contributed by atoms with Crippen LogP contribution in [0.15, 0.2) is 34.8 Å². The van der Waals surface area contributed by atoms with E-state index >= 15 is 0 Å². The van der Waals surface area contributed by atoms with Gasteiger partial charge in [0.05, 0.1) is 5.69 Å². The van der Waals surface area contributed by atoms with Crippen molar-refractivity contribution >= 4 is 32.6 Å². The normalized spacial score (nSPS) is 13.6. The minimum Gasteiger partial charge on any atom is -0.468 e. The minimum atomic E-state index is -0.178. The van der Waals surface area contributed by atoms with E-state index in [9.17, 15) is 10.1 Å². The SMILES string of the molecule is N#Cc1cc2c(nc1OCC(=O)c1cc3cc(Br)ccc3[nH]1)CCCCC2. The average molecular weight is 424 g/mol. The lowest BCUT2D eigenvalue weighted by atomic mass is 10.1. The molecule has 0 radical (unpaired) electrons. The van der Waals surface area contributed by atoms with Gasteiger partial charge in [-0.25, -0.2) is 4.98 Å². The van der Waals surface area contributed by atoms with Crippen molar-refractivity contribution in [2.75, 3.05) is 6.61 Å². The Balaban J connectivity index is 1.54. The fraction of sp³-hybridized carbons (Fsp3) is 0.286. The number of nitrogens with zero attached hydrogens (tertiary/aromatic N) is 2. The van der Waals surface area contributed by atoms with Gasteiger partial charge >= 0.3 is 0 Å². The third kappa shape index (κ3) is 3.74. The molecule has 0 saturated heterocycles. The first kappa shape index (κ1) is 17.7. The van der Waals surface area contributed by atoms with Gasteiger partial charge in [-0.2, -0.15) is 5.26 Å². The molecule has 2 aromatic heterocycles. The zero-order valence-electron chi connectivity index (χ0n) is 14.7. The van der Waals surface area contributed by atoms with E-state index < -0.39 is 0 Å². The van der Waals surface area contributed by atoms with Crippen molar-refractivity contribution in [3.8, 4) is 11.9 Å². The van der Waals surface area contributed by atoms with Gasteiger partial charge in [0.25, 0.3) is 0 Å². The molecule has 5 nitrogen and oxygen atoms in total. The number of rotatable bonds is 4. The highest BCUT2D eigenvalue weighted by atomic mass is 79.9. The average Bonchev–Trinajstić information content (AvgIpc) is 2.96. The van der Waals surface area contributed by atoms with Gasteiger partial charge in [0.2, 0.25) is 11.7 Å². The molecule has 0 atom stereocenters. The molecular weight excluding hydrogens is 406 g/mol. The molecule has 0 amide bonds. The van der Waals surface area contributed by atoms with Gasteiger partial charge in [-0.1, -0.05) is 22.4 Å². The second-order valence-electron chi connectivity index (χ2n) is 6.75. The first-order chi connectivity index (χ1) is 13.1. The number of nitrogens with one attached hydrogen (secondary N) is 1. The summed E-state index contributed by atoms with van der Waals surface area (Å²) in [5, 5.41) is 10.4. The lowest BCUT2D eigenvalue weighted by Crippen LogP contribution is -2.14. The number of nitriles is 1. The van der Waals surface area contributed by atoms with Crippen LogP contribution in [0.2, 0.25) is 0 Å². The topological polar surface area (TPSA) is 78.8 Å². The zero-order chi connectivity index (χ0) is 18.8. The molecular formula is C21H18BrN3O2. The number of carbonyl (C=O) groups excluding carboxylic acids is 1. The van der Waals surface area contributed by atoms with Crippen molar-refractivity contribution in [2.24, 2.45) is 0 Å². The number of aromatic nitrogens is 2. The Bertz CT molecular complexity index is 1070. The lowest BCUT2D eigenvalue weighted by molar-refractivity contribution is 0.0913. The molecule has 1 aliphatic rings. The Labute approximate surface area is 165 Å². The number of fused-ring (bicyclic) bond motifs is 2. The largest absolute Gasteiger partial charge is 0.468 e. The molecule has 2 heterocycles. The number of hydrogen-bond donors (Lipinski definition) is 1. The molecule has 4 rings (SSSR count). The van der Waals surface area contributed by atoms with E-state index in [0.29, 0.717) is 11.3 Å². The van der Waals surface area contributed by atoms with Crippen LogP contribution >= 0.6 is 15.9 Å². The van der Waals surface area contributed by atoms with Crippen LogP contribution in [0.5, 0.6) is 5.88 Å². The number of Topliss-reactive ketones (excluding diaryl/α,β-unsaturated/α-hetero) is 1. The van der Waals surface area contributed by atoms with Gasteiger partial charge in [-0.15, -0.1) is 0 Å². The van der Waals surface area contributed by atoms with Gasteiger partial charge in [0.1, 0.15) is 11.6 Å². The van der Waals surface area contributed by atoms with Crippen molar-refractivity contribution in [3.63, 3.8) is 0 Å². The summed E-state index contributed by atoms with van der Waals surface area (Å²) in [7, 11) is 0. The molecule has 0 unspecified atom stereocenters. The number of ether oxygens (including phenoxy) is 1. The summed E-state index contributed by atoms with van der Waals surface area (Å²) in [4.78, 5) is 20.2. The number of aromatic amines is 1. The van der Waals surface area contributed by atoms with Crippen LogP contribution in [0.25, 0.3) is 10.9 Å². The number of hydrogen-bond acceptors (Lipinski definition) is 4. The number of aryl methyl sites for hydroxylation is 2. The third-order valence-corrected chi connectivity index (χ3v) is 5.35. The van der Waals surface area contributed by atoms with E-state index in [1.807, 2.05) is 24.3 Å². The predicted octanol–water partition coefficient (Wildman–Crippen LogP) is 4.73. The van der Waals surface area contributed by atoms with Crippen LogP contribution in [-0.2, 0) is 12.8 Å². The fourth-order valence-electron chi connectivity index (χ4n) is 3.45. The molecule has 0 spiro atoms. The highest BCUT2D eigenvalue weighted by molar-refractivity contribution is 9.10. The van der Waals surface area contributed by atoms with Crippen LogP contribution in [0.1, 0.15) is 46.6 Å². The number of benzene rings is 1. The van der Waals surface area contributed by atoms with Crippen LogP contribution in [0.3, 0.4) is 0 Å². The summed E-state index contributed by atoms with van der Waals surface area (Å²) < 4.78 is 6.61. The molecule has 0 bridgehead atoms. The van der Waals surface area contributed by atoms with Crippen LogP contribution < -0.4 is 4.74 Å². The molecule has 0 saturated carbocycles. The van der Waals surface area contributed by atoms with E-state index in [1.165, 1.54) is 6.42 Å². The summed E-state index contributed by atoms with van der Waals surface area (Å²) in [5.41, 5.74) is 3.89. The monoisotopic (exact) mass is 423 g/mol. The highest BCUT2D eigenvalue weighted by Gasteiger charge is 2.17. The number of ketones is 1. The van der Waals surface area contributed by atoms with E-state index in [4.69, 9.17) is 4.74 Å². The maximum absolute atomic E-state index is 12.5. The highest BCUT2D eigenvalue weighted by Crippen LogP contribution is 2.25. The smallest absolute Gasteiger partial charge is 0.232 e. The van der Waals surface area contributed by atoms with Crippen molar-refractivity contribution in [2.45, 2.75) is 32.1 Å². The lowest BCUT2D eigenvalue weighted by Gasteiger charge is -2.10. The van der Waals surface area contributed by atoms with Gasteiger partial charge in [0.15, 0.2) is 6.61 Å². The molecule has 1 aromatic carbocycles. The molecule has 1 aliphatic carbocycles. The Hall–Kier alpha value is -2.65. The first-order valence-corrected chi connectivity index (χ1v) is 9.80. The standard InChI is InChI=1S/C21H18BrN3O2/c22-16-6-7-18-14(9-16)10-19(24-18)20(26)12-27-21-15(11-23)8-13-4-2-1-3-5-17(13)25-21/h6-10,24H,1-5,12H2. The van der Waals surface area contributed by atoms with Gasteiger partial charge in [-0.3, -0.25) is 4.79 Å². The van der Waals surface area contributed by atoms with Crippen LogP contribution in [0, 0.1) is 11.3 Å². The maximum Gasteiger partial charge on any atom is 0.232 e. The summed E-state index contributed by atoms with van der Waals surface area (Å²) in [6, 6.07) is 11.6. The van der Waals surface area contributed by atoms with E-state index in [0.717, 1.165) is 52.3 Å². The molecule has 3 aromatic rings. The minimum absolute atomic E-state index is 0.158. The van der Waals surface area contributed by atoms with Crippen molar-refractivity contribution in [3.05, 3.63) is 57.3 Å². The van der Waals surface area contributed by atoms with E-state index in [2.05, 4.69) is 32.0 Å². The quantitative estimate of drug-likeness (QED) is 0.485. The van der Waals surface area contributed by atoms with Gasteiger partial charge < -0.3 is 9.72 Å². The number of pyridine rings is 1. The maximum atomic E-state index is 12.5.